The molecular formula is C26H22N4O4. The summed E-state index contributed by atoms with van der Waals surface area (Å²) < 4.78 is 6.03. The third kappa shape index (κ3) is 5.95. The predicted octanol–water partition coefficient (Wildman–Crippen LogP) is 5.07. The van der Waals surface area contributed by atoms with Crippen molar-refractivity contribution in [2.45, 2.75) is 12.5 Å². The second-order valence-electron chi connectivity index (χ2n) is 7.36. The first-order chi connectivity index (χ1) is 16.6. The number of carbonyl (C=O) groups excluding carboxylic acids is 1. The van der Waals surface area contributed by atoms with Gasteiger partial charge in [0, 0.05) is 35.4 Å². The van der Waals surface area contributed by atoms with Gasteiger partial charge in [0.05, 0.1) is 12.1 Å². The highest BCUT2D eigenvalue weighted by Crippen LogP contribution is 2.31. The van der Waals surface area contributed by atoms with Gasteiger partial charge in [-0.25, -0.2) is 4.98 Å². The van der Waals surface area contributed by atoms with Gasteiger partial charge in [0.15, 0.2) is 0 Å². The first-order valence-electron chi connectivity index (χ1n) is 10.6. The molecule has 34 heavy (non-hydrogen) atoms. The van der Waals surface area contributed by atoms with Crippen LogP contribution in [0.1, 0.15) is 28.4 Å². The van der Waals surface area contributed by atoms with E-state index in [1.54, 1.807) is 73.2 Å². The topological polar surface area (TPSA) is 113 Å². The van der Waals surface area contributed by atoms with Crippen LogP contribution in [0, 0.1) is 0 Å². The van der Waals surface area contributed by atoms with Crippen molar-refractivity contribution in [2.75, 3.05) is 10.6 Å². The minimum absolute atomic E-state index is 0.255. The van der Waals surface area contributed by atoms with Crippen LogP contribution in [-0.4, -0.2) is 27.0 Å². The molecule has 0 saturated heterocycles. The van der Waals surface area contributed by atoms with Crippen molar-refractivity contribution < 1.29 is 19.4 Å². The summed E-state index contributed by atoms with van der Waals surface area (Å²) in [4.78, 5) is 32.7. The summed E-state index contributed by atoms with van der Waals surface area (Å²) in [6.07, 6.45) is 3.82. The van der Waals surface area contributed by atoms with Crippen LogP contribution < -0.4 is 15.4 Å². The van der Waals surface area contributed by atoms with Gasteiger partial charge < -0.3 is 20.5 Å². The molecule has 1 atom stereocenters. The van der Waals surface area contributed by atoms with Gasteiger partial charge in [-0.15, -0.1) is 0 Å². The number of aliphatic carboxylic acids is 1. The third-order valence-corrected chi connectivity index (χ3v) is 4.88. The zero-order chi connectivity index (χ0) is 23.8. The standard InChI is InChI=1S/C26H22N4O4/c31-25(32)16-23(19-8-6-13-27-17-19)34-22-11-2-1-10-21(22)30-26(33)18-7-5-9-20(15-18)29-24-12-3-4-14-28-24/h1-15,17,23H,16H2,(H,28,29)(H,30,33)(H,31,32). The van der Waals surface area contributed by atoms with E-state index in [0.29, 0.717) is 34.1 Å². The number of ether oxygens (including phenoxy) is 1. The van der Waals surface area contributed by atoms with Crippen molar-refractivity contribution in [1.29, 1.82) is 0 Å². The summed E-state index contributed by atoms with van der Waals surface area (Å²) in [6, 6.07) is 22.9. The number of nitrogens with one attached hydrogen (secondary N) is 2. The number of pyridine rings is 2. The molecule has 3 N–H and O–H groups in total. The Hall–Kier alpha value is -4.72. The van der Waals surface area contributed by atoms with Gasteiger partial charge >= 0.3 is 5.97 Å². The minimum atomic E-state index is -1.01. The van der Waals surface area contributed by atoms with Gasteiger partial charge in [-0.3, -0.25) is 14.6 Å². The summed E-state index contributed by atoms with van der Waals surface area (Å²) in [5.41, 5.74) is 2.20. The van der Waals surface area contributed by atoms with Crippen molar-refractivity contribution >= 4 is 29.1 Å². The lowest BCUT2D eigenvalue weighted by Crippen LogP contribution is -2.16. The second-order valence-corrected chi connectivity index (χ2v) is 7.36. The summed E-state index contributed by atoms with van der Waals surface area (Å²) in [5, 5.41) is 15.4. The Morgan fingerprint density at radius 1 is 0.941 bits per heavy atom. The fourth-order valence-corrected chi connectivity index (χ4v) is 3.30. The van der Waals surface area contributed by atoms with Crippen LogP contribution in [0.5, 0.6) is 5.75 Å². The molecule has 0 aliphatic heterocycles. The van der Waals surface area contributed by atoms with Gasteiger partial charge in [-0.05, 0) is 48.5 Å². The van der Waals surface area contributed by atoms with Gasteiger partial charge in [-0.1, -0.05) is 30.3 Å². The highest BCUT2D eigenvalue weighted by atomic mass is 16.5. The number of rotatable bonds is 9. The lowest BCUT2D eigenvalue weighted by molar-refractivity contribution is -0.138. The fraction of sp³-hybridized carbons (Fsp3) is 0.0769. The molecule has 0 bridgehead atoms. The number of hydrogen-bond acceptors (Lipinski definition) is 6. The molecule has 0 aliphatic carbocycles. The maximum absolute atomic E-state index is 13.0. The largest absolute Gasteiger partial charge is 0.483 e. The number of carbonyl (C=O) groups is 2. The van der Waals surface area contributed by atoms with E-state index in [4.69, 9.17) is 4.74 Å². The molecule has 0 spiro atoms. The highest BCUT2D eigenvalue weighted by molar-refractivity contribution is 6.05. The average Bonchev–Trinajstić information content (AvgIpc) is 2.86. The number of anilines is 3. The van der Waals surface area contributed by atoms with Crippen molar-refractivity contribution in [2.24, 2.45) is 0 Å². The van der Waals surface area contributed by atoms with Crippen molar-refractivity contribution in [3.8, 4) is 5.75 Å². The third-order valence-electron chi connectivity index (χ3n) is 4.88. The average molecular weight is 454 g/mol. The maximum atomic E-state index is 13.0. The van der Waals surface area contributed by atoms with Crippen LogP contribution in [0.15, 0.2) is 97.5 Å². The van der Waals surface area contributed by atoms with Gasteiger partial charge in [0.2, 0.25) is 0 Å². The molecule has 2 aromatic carbocycles. The van der Waals surface area contributed by atoms with Crippen molar-refractivity contribution in [3.63, 3.8) is 0 Å². The van der Waals surface area contributed by atoms with Crippen molar-refractivity contribution in [1.82, 2.24) is 9.97 Å². The van der Waals surface area contributed by atoms with Crippen LogP contribution in [-0.2, 0) is 4.79 Å². The molecule has 0 radical (unpaired) electrons. The van der Waals surface area contributed by atoms with Gasteiger partial charge in [0.1, 0.15) is 17.7 Å². The van der Waals surface area contributed by atoms with E-state index < -0.39 is 12.1 Å². The molecule has 2 heterocycles. The molecule has 0 saturated carbocycles. The maximum Gasteiger partial charge on any atom is 0.307 e. The van der Waals surface area contributed by atoms with E-state index in [1.807, 2.05) is 24.3 Å². The lowest BCUT2D eigenvalue weighted by Gasteiger charge is -2.20. The monoisotopic (exact) mass is 454 g/mol. The molecule has 4 aromatic rings. The summed E-state index contributed by atoms with van der Waals surface area (Å²) in [6.45, 7) is 0. The number of aromatic nitrogens is 2. The molecule has 8 nitrogen and oxygen atoms in total. The molecule has 1 amide bonds. The molecule has 4 rings (SSSR count). The first-order valence-corrected chi connectivity index (χ1v) is 10.6. The van der Waals surface area contributed by atoms with E-state index in [9.17, 15) is 14.7 Å². The number of benzene rings is 2. The smallest absolute Gasteiger partial charge is 0.307 e. The Morgan fingerprint density at radius 3 is 2.56 bits per heavy atom. The molecule has 170 valence electrons. The number of nitrogens with zero attached hydrogens (tertiary/aromatic N) is 2. The van der Waals surface area contributed by atoms with E-state index >= 15 is 0 Å². The van der Waals surface area contributed by atoms with Crippen LogP contribution in [0.25, 0.3) is 0 Å². The van der Waals surface area contributed by atoms with Crippen LogP contribution in [0.2, 0.25) is 0 Å². The Bertz CT molecular complexity index is 1270. The number of amides is 1. The minimum Gasteiger partial charge on any atom is -0.483 e. The quantitative estimate of drug-likeness (QED) is 0.324. The highest BCUT2D eigenvalue weighted by Gasteiger charge is 2.20. The Labute approximate surface area is 196 Å². The van der Waals surface area contributed by atoms with Crippen molar-refractivity contribution in [3.05, 3.63) is 109 Å². The molecule has 0 fully saturated rings. The first kappa shape index (κ1) is 22.5. The predicted molar refractivity (Wildman–Crippen MR) is 128 cm³/mol. The van der Waals surface area contributed by atoms with Gasteiger partial charge in [-0.2, -0.15) is 0 Å². The number of carboxylic acids is 1. The SMILES string of the molecule is O=C(O)CC(Oc1ccccc1NC(=O)c1cccc(Nc2ccccn2)c1)c1cccnc1. The summed E-state index contributed by atoms with van der Waals surface area (Å²) >= 11 is 0. The number of carboxylic acid groups (broad SMARTS) is 1. The lowest BCUT2D eigenvalue weighted by atomic mass is 10.1. The van der Waals surface area contributed by atoms with E-state index in [1.165, 1.54) is 0 Å². The van der Waals surface area contributed by atoms with Gasteiger partial charge in [0.25, 0.3) is 5.91 Å². The Morgan fingerprint density at radius 2 is 1.79 bits per heavy atom. The Kier molecular flexibility index (Phi) is 7.09. The summed E-state index contributed by atoms with van der Waals surface area (Å²) in [5.74, 6) is -0.322. The molecule has 8 heteroatoms. The van der Waals surface area contributed by atoms with E-state index in [-0.39, 0.29) is 12.3 Å². The zero-order valence-electron chi connectivity index (χ0n) is 18.1. The second kappa shape index (κ2) is 10.7. The molecule has 0 aliphatic rings. The zero-order valence-corrected chi connectivity index (χ0v) is 18.1. The fourth-order valence-electron chi connectivity index (χ4n) is 3.30. The Balaban J connectivity index is 1.52. The van der Waals surface area contributed by atoms with E-state index in [2.05, 4.69) is 20.6 Å². The number of para-hydroxylation sites is 2. The summed E-state index contributed by atoms with van der Waals surface area (Å²) in [7, 11) is 0. The van der Waals surface area contributed by atoms with Crippen LogP contribution in [0.4, 0.5) is 17.2 Å². The van der Waals surface area contributed by atoms with Crippen LogP contribution in [0.3, 0.4) is 0 Å². The van der Waals surface area contributed by atoms with E-state index in [0.717, 1.165) is 0 Å². The number of hydrogen-bond donors (Lipinski definition) is 3. The normalized spacial score (nSPS) is 11.3. The molecular weight excluding hydrogens is 432 g/mol. The molecule has 2 aromatic heterocycles. The van der Waals surface area contributed by atoms with Crippen LogP contribution >= 0.6 is 0 Å². The molecule has 1 unspecified atom stereocenters.